The Labute approximate surface area is 171 Å². The molecule has 0 N–H and O–H groups in total. The first-order chi connectivity index (χ1) is 13.7. The highest BCUT2D eigenvalue weighted by atomic mass is 32.1. The van der Waals surface area contributed by atoms with E-state index >= 15 is 0 Å². The molecule has 0 spiro atoms. The molecule has 4 rings (SSSR count). The summed E-state index contributed by atoms with van der Waals surface area (Å²) in [6, 6.07) is 22.6. The maximum Gasteiger partial charge on any atom is 0.258 e. The van der Waals surface area contributed by atoms with Crippen LogP contribution in [0.3, 0.4) is 0 Å². The molecule has 0 bridgehead atoms. The smallest absolute Gasteiger partial charge is 0.258 e. The summed E-state index contributed by atoms with van der Waals surface area (Å²) in [7, 11) is 0. The summed E-state index contributed by atoms with van der Waals surface area (Å²) in [4.78, 5) is 19.3. The van der Waals surface area contributed by atoms with Crippen LogP contribution in [0.1, 0.15) is 33.6 Å². The van der Waals surface area contributed by atoms with E-state index in [0.29, 0.717) is 0 Å². The standard InChI is InChI=1S/C24H26N2OS/c1-19-9-11-20(12-10-19)24(27)26(21-6-3-2-4-7-21)22-13-15-25(16-14-22)18-23-8-5-17-28-23/h2-12,17,22H,13-16,18H2,1H3. The number of anilines is 1. The lowest BCUT2D eigenvalue weighted by Gasteiger charge is -2.38. The number of piperidine rings is 1. The van der Waals surface area contributed by atoms with E-state index in [1.807, 2.05) is 77.8 Å². The molecule has 0 aliphatic carbocycles. The number of likely N-dealkylation sites (tertiary alicyclic amines) is 1. The third-order valence-electron chi connectivity index (χ3n) is 5.43. The molecule has 28 heavy (non-hydrogen) atoms. The fraction of sp³-hybridized carbons (Fsp3) is 0.292. The van der Waals surface area contributed by atoms with E-state index in [-0.39, 0.29) is 11.9 Å². The predicted molar refractivity (Wildman–Crippen MR) is 117 cm³/mol. The number of thiophene rings is 1. The van der Waals surface area contributed by atoms with Crippen LogP contribution in [0.2, 0.25) is 0 Å². The molecule has 1 aliphatic rings. The Bertz CT molecular complexity index is 882. The molecular weight excluding hydrogens is 364 g/mol. The van der Waals surface area contributed by atoms with Crippen LogP contribution in [0.15, 0.2) is 72.1 Å². The summed E-state index contributed by atoms with van der Waals surface area (Å²) in [5.74, 6) is 0.0999. The molecule has 3 nitrogen and oxygen atoms in total. The Morgan fingerprint density at radius 2 is 1.71 bits per heavy atom. The second-order valence-corrected chi connectivity index (χ2v) is 8.50. The Hall–Kier alpha value is -2.43. The van der Waals surface area contributed by atoms with E-state index in [2.05, 4.69) is 22.4 Å². The number of benzene rings is 2. The van der Waals surface area contributed by atoms with Crippen molar-refractivity contribution in [3.05, 3.63) is 88.1 Å². The number of amides is 1. The maximum absolute atomic E-state index is 13.4. The zero-order valence-corrected chi connectivity index (χ0v) is 17.1. The van der Waals surface area contributed by atoms with E-state index in [1.54, 1.807) is 0 Å². The van der Waals surface area contributed by atoms with Gasteiger partial charge in [-0.3, -0.25) is 9.69 Å². The molecule has 1 aromatic heterocycles. The minimum absolute atomic E-state index is 0.0999. The molecule has 1 amide bonds. The fourth-order valence-corrected chi connectivity index (χ4v) is 4.62. The quantitative estimate of drug-likeness (QED) is 0.585. The van der Waals surface area contributed by atoms with Gasteiger partial charge in [-0.05, 0) is 55.5 Å². The highest BCUT2D eigenvalue weighted by Gasteiger charge is 2.29. The van der Waals surface area contributed by atoms with Gasteiger partial charge in [0.05, 0.1) is 0 Å². The molecule has 3 aromatic rings. The average molecular weight is 391 g/mol. The molecule has 2 aromatic carbocycles. The zero-order chi connectivity index (χ0) is 19.3. The van der Waals surface area contributed by atoms with Crippen LogP contribution in [0.5, 0.6) is 0 Å². The highest BCUT2D eigenvalue weighted by molar-refractivity contribution is 7.09. The Morgan fingerprint density at radius 1 is 1.00 bits per heavy atom. The molecule has 144 valence electrons. The summed E-state index contributed by atoms with van der Waals surface area (Å²) < 4.78 is 0. The number of aryl methyl sites for hydroxylation is 1. The van der Waals surface area contributed by atoms with E-state index in [9.17, 15) is 4.79 Å². The van der Waals surface area contributed by atoms with E-state index < -0.39 is 0 Å². The first-order valence-corrected chi connectivity index (χ1v) is 10.8. The lowest BCUT2D eigenvalue weighted by atomic mass is 10.0. The van der Waals surface area contributed by atoms with E-state index in [4.69, 9.17) is 0 Å². The summed E-state index contributed by atoms with van der Waals surface area (Å²) in [6.45, 7) is 5.11. The average Bonchev–Trinajstić information content (AvgIpc) is 3.24. The number of hydrogen-bond donors (Lipinski definition) is 0. The van der Waals surface area contributed by atoms with E-state index in [0.717, 1.165) is 43.7 Å². The van der Waals surface area contributed by atoms with Crippen molar-refractivity contribution < 1.29 is 4.79 Å². The molecule has 0 unspecified atom stereocenters. The normalized spacial score (nSPS) is 15.5. The number of para-hydroxylation sites is 1. The SMILES string of the molecule is Cc1ccc(C(=O)N(c2ccccc2)C2CCN(Cc3cccs3)CC2)cc1. The van der Waals surface area contributed by atoms with Crippen molar-refractivity contribution in [1.82, 2.24) is 4.90 Å². The number of nitrogens with zero attached hydrogens (tertiary/aromatic N) is 2. The van der Waals surface area contributed by atoms with Gasteiger partial charge >= 0.3 is 0 Å². The van der Waals surface area contributed by atoms with Crippen LogP contribution in [0.4, 0.5) is 5.69 Å². The molecule has 0 radical (unpaired) electrons. The van der Waals surface area contributed by atoms with Crippen molar-refractivity contribution in [2.75, 3.05) is 18.0 Å². The van der Waals surface area contributed by atoms with Gasteiger partial charge in [0.15, 0.2) is 0 Å². The van der Waals surface area contributed by atoms with Crippen molar-refractivity contribution in [3.8, 4) is 0 Å². The molecule has 1 aliphatic heterocycles. The van der Waals surface area contributed by atoms with Crippen molar-refractivity contribution in [3.63, 3.8) is 0 Å². The highest BCUT2D eigenvalue weighted by Crippen LogP contribution is 2.27. The van der Waals surface area contributed by atoms with Gasteiger partial charge in [-0.15, -0.1) is 11.3 Å². The maximum atomic E-state index is 13.4. The number of carbonyl (C=O) groups excluding carboxylic acids is 1. The largest absolute Gasteiger partial charge is 0.305 e. The van der Waals surface area contributed by atoms with Crippen molar-refractivity contribution in [2.45, 2.75) is 32.4 Å². The van der Waals surface area contributed by atoms with Crippen molar-refractivity contribution in [1.29, 1.82) is 0 Å². The molecule has 1 saturated heterocycles. The fourth-order valence-electron chi connectivity index (χ4n) is 3.88. The Morgan fingerprint density at radius 3 is 2.36 bits per heavy atom. The minimum atomic E-state index is 0.0999. The van der Waals surface area contributed by atoms with Gasteiger partial charge in [0.2, 0.25) is 0 Å². The molecule has 0 atom stereocenters. The monoisotopic (exact) mass is 390 g/mol. The number of hydrogen-bond acceptors (Lipinski definition) is 3. The summed E-state index contributed by atoms with van der Waals surface area (Å²) in [5.41, 5.74) is 2.92. The topological polar surface area (TPSA) is 23.6 Å². The van der Waals surface area contributed by atoms with Crippen LogP contribution in [-0.2, 0) is 6.54 Å². The van der Waals surface area contributed by atoms with E-state index in [1.165, 1.54) is 10.4 Å². The van der Waals surface area contributed by atoms with Gasteiger partial charge in [0.25, 0.3) is 5.91 Å². The predicted octanol–water partition coefficient (Wildman–Crippen LogP) is 5.37. The first kappa shape index (κ1) is 18.9. The van der Waals surface area contributed by atoms with Gasteiger partial charge in [0.1, 0.15) is 0 Å². The summed E-state index contributed by atoms with van der Waals surface area (Å²) in [5, 5.41) is 2.14. The second kappa shape index (κ2) is 8.72. The van der Waals surface area contributed by atoms with Crippen molar-refractivity contribution >= 4 is 22.9 Å². The summed E-state index contributed by atoms with van der Waals surface area (Å²) in [6.07, 6.45) is 2.00. The van der Waals surface area contributed by atoms with Gasteiger partial charge in [-0.25, -0.2) is 0 Å². The van der Waals surface area contributed by atoms with Gasteiger partial charge in [-0.2, -0.15) is 0 Å². The van der Waals surface area contributed by atoms with Crippen LogP contribution < -0.4 is 4.90 Å². The van der Waals surface area contributed by atoms with Crippen LogP contribution in [-0.4, -0.2) is 29.9 Å². The molecule has 2 heterocycles. The third kappa shape index (κ3) is 4.34. The van der Waals surface area contributed by atoms with Gasteiger partial charge < -0.3 is 4.90 Å². The second-order valence-electron chi connectivity index (χ2n) is 7.46. The molecule has 1 fully saturated rings. The molecule has 0 saturated carbocycles. The number of rotatable bonds is 5. The molecule has 4 heteroatoms. The third-order valence-corrected chi connectivity index (χ3v) is 6.29. The lowest BCUT2D eigenvalue weighted by molar-refractivity contribution is 0.0959. The first-order valence-electron chi connectivity index (χ1n) is 9.91. The van der Waals surface area contributed by atoms with Gasteiger partial charge in [-0.1, -0.05) is 42.0 Å². The van der Waals surface area contributed by atoms with Crippen LogP contribution >= 0.6 is 11.3 Å². The number of carbonyl (C=O) groups is 1. The Kier molecular flexibility index (Phi) is 5.89. The summed E-state index contributed by atoms with van der Waals surface area (Å²) >= 11 is 1.82. The van der Waals surface area contributed by atoms with Crippen molar-refractivity contribution in [2.24, 2.45) is 0 Å². The Balaban J connectivity index is 1.51. The zero-order valence-electron chi connectivity index (χ0n) is 16.3. The molecular formula is C24H26N2OS. The lowest BCUT2D eigenvalue weighted by Crippen LogP contribution is -2.47. The van der Waals surface area contributed by atoms with Crippen LogP contribution in [0.25, 0.3) is 0 Å². The van der Waals surface area contributed by atoms with Crippen LogP contribution in [0, 0.1) is 6.92 Å². The van der Waals surface area contributed by atoms with Gasteiger partial charge in [0, 0.05) is 41.8 Å². The minimum Gasteiger partial charge on any atom is -0.305 e.